The van der Waals surface area contributed by atoms with E-state index in [0.717, 1.165) is 0 Å². The number of aliphatic hydroxyl groups is 1. The molecule has 6 rings (SSSR count). The van der Waals surface area contributed by atoms with E-state index in [2.05, 4.69) is 20.2 Å². The lowest BCUT2D eigenvalue weighted by molar-refractivity contribution is 0.140. The number of aromatic nitrogens is 6. The number of aliphatic hydroxyl groups excluding tert-OH is 1. The Kier molecular flexibility index (Phi) is 4.90. The number of pyridine rings is 1. The zero-order chi connectivity index (χ0) is 25.1. The van der Waals surface area contributed by atoms with E-state index in [9.17, 15) is 19.1 Å². The molecule has 0 atom stereocenters. The first kappa shape index (κ1) is 22.0. The number of benzene rings is 1. The molecule has 5 heterocycles. The van der Waals surface area contributed by atoms with Crippen LogP contribution in [0, 0.1) is 24.1 Å². The van der Waals surface area contributed by atoms with E-state index < -0.39 is 24.0 Å². The van der Waals surface area contributed by atoms with E-state index in [4.69, 9.17) is 0 Å². The molecular formula is C24H17F3N8O. The van der Waals surface area contributed by atoms with Crippen LogP contribution < -0.4 is 4.90 Å². The molecule has 5 aromatic rings. The average Bonchev–Trinajstić information content (AvgIpc) is 3.49. The summed E-state index contributed by atoms with van der Waals surface area (Å²) in [6, 6.07) is 8.08. The molecule has 1 aliphatic heterocycles. The summed E-state index contributed by atoms with van der Waals surface area (Å²) in [5.41, 5.74) is 1.23. The molecular weight excluding hydrogens is 473 g/mol. The molecule has 0 aliphatic carbocycles. The number of aryl methyl sites for hydroxylation is 1. The van der Waals surface area contributed by atoms with Crippen LogP contribution in [0.3, 0.4) is 0 Å². The number of hydrogen-bond acceptors (Lipinski definition) is 7. The second-order valence-corrected chi connectivity index (χ2v) is 8.49. The molecule has 0 bridgehead atoms. The first-order valence-electron chi connectivity index (χ1n) is 11.0. The summed E-state index contributed by atoms with van der Waals surface area (Å²) in [4.78, 5) is 10.6. The second kappa shape index (κ2) is 8.03. The third-order valence-corrected chi connectivity index (χ3v) is 6.26. The van der Waals surface area contributed by atoms with Gasteiger partial charge in [-0.1, -0.05) is 0 Å². The summed E-state index contributed by atoms with van der Waals surface area (Å²) in [6.45, 7) is 2.16. The van der Waals surface area contributed by atoms with Crippen LogP contribution in [0.5, 0.6) is 0 Å². The molecule has 12 heteroatoms. The lowest BCUT2D eigenvalue weighted by Crippen LogP contribution is -2.51. The Bertz CT molecular complexity index is 1680. The maximum absolute atomic E-state index is 15.2. The zero-order valence-electron chi connectivity index (χ0n) is 18.8. The Hall–Kier alpha value is -4.50. The fraction of sp³-hybridized carbons (Fsp3) is 0.208. The number of anilines is 1. The molecule has 1 saturated heterocycles. The van der Waals surface area contributed by atoms with Gasteiger partial charge in [0.25, 0.3) is 6.43 Å². The SMILES string of the molecule is Cc1nc2c(C#N)c(C(F)F)nn2c(N2CC(O)C2)c1-c1ccnc2cc(-n3cccn3)c(F)cc12. The summed E-state index contributed by atoms with van der Waals surface area (Å²) < 4.78 is 45.3. The third-order valence-electron chi connectivity index (χ3n) is 6.26. The standard InChI is InChI=1S/C24H17F3N8O/c1-12-20(14-3-5-29-18-8-19(17(25)7-15(14)18)34-6-2-4-30-34)24(33-10-13(36)11-33)35-23(31-12)16(9-28)21(32-35)22(26)27/h2-8,13,22,36H,10-11H2,1H3. The molecule has 0 radical (unpaired) electrons. The quantitative estimate of drug-likeness (QED) is 0.410. The van der Waals surface area contributed by atoms with Crippen LogP contribution >= 0.6 is 0 Å². The van der Waals surface area contributed by atoms with Gasteiger partial charge in [0.15, 0.2) is 5.65 Å². The first-order valence-corrected chi connectivity index (χ1v) is 11.0. The highest BCUT2D eigenvalue weighted by Crippen LogP contribution is 2.40. The molecule has 36 heavy (non-hydrogen) atoms. The molecule has 9 nitrogen and oxygen atoms in total. The largest absolute Gasteiger partial charge is 0.389 e. The number of nitrogens with zero attached hydrogens (tertiary/aromatic N) is 8. The van der Waals surface area contributed by atoms with Crippen LogP contribution in [-0.4, -0.2) is 53.7 Å². The van der Waals surface area contributed by atoms with Crippen molar-refractivity contribution in [1.29, 1.82) is 5.26 Å². The number of fused-ring (bicyclic) bond motifs is 2. The Labute approximate surface area is 201 Å². The van der Waals surface area contributed by atoms with Crippen molar-refractivity contribution in [1.82, 2.24) is 29.4 Å². The summed E-state index contributed by atoms with van der Waals surface area (Å²) in [5.74, 6) is -0.144. The van der Waals surface area contributed by atoms with Gasteiger partial charge in [-0.3, -0.25) is 4.98 Å². The minimum atomic E-state index is -2.98. The maximum Gasteiger partial charge on any atom is 0.283 e. The highest BCUT2D eigenvalue weighted by atomic mass is 19.3. The van der Waals surface area contributed by atoms with Crippen molar-refractivity contribution in [3.05, 3.63) is 65.6 Å². The van der Waals surface area contributed by atoms with E-state index in [1.165, 1.54) is 15.3 Å². The molecule has 1 aliphatic rings. The van der Waals surface area contributed by atoms with Gasteiger partial charge in [0.2, 0.25) is 0 Å². The number of rotatable bonds is 4. The Morgan fingerprint density at radius 1 is 1.22 bits per heavy atom. The third kappa shape index (κ3) is 3.20. The van der Waals surface area contributed by atoms with E-state index in [1.807, 2.05) is 0 Å². The van der Waals surface area contributed by atoms with Gasteiger partial charge in [-0.25, -0.2) is 22.8 Å². The highest BCUT2D eigenvalue weighted by molar-refractivity contribution is 5.99. The van der Waals surface area contributed by atoms with Crippen molar-refractivity contribution in [3.63, 3.8) is 0 Å². The summed E-state index contributed by atoms with van der Waals surface area (Å²) in [6.07, 6.45) is 1.14. The Morgan fingerprint density at radius 2 is 2.03 bits per heavy atom. The molecule has 0 amide bonds. The normalized spacial score (nSPS) is 14.1. The number of halogens is 3. The number of alkyl halides is 2. The minimum absolute atomic E-state index is 0.00375. The van der Waals surface area contributed by atoms with Gasteiger partial charge in [-0.2, -0.15) is 20.0 Å². The average molecular weight is 490 g/mol. The van der Waals surface area contributed by atoms with Gasteiger partial charge >= 0.3 is 0 Å². The van der Waals surface area contributed by atoms with E-state index in [1.54, 1.807) is 54.7 Å². The second-order valence-electron chi connectivity index (χ2n) is 8.49. The van der Waals surface area contributed by atoms with Crippen molar-refractivity contribution in [3.8, 4) is 22.9 Å². The van der Waals surface area contributed by atoms with Crippen LogP contribution in [0.1, 0.15) is 23.4 Å². The molecule has 0 saturated carbocycles. The number of β-amino-alcohol motifs (C(OH)–C–C–N with tert-alkyl or cyclic N) is 1. The fourth-order valence-electron chi connectivity index (χ4n) is 4.61. The molecule has 0 unspecified atom stereocenters. The van der Waals surface area contributed by atoms with Crippen LogP contribution in [0.4, 0.5) is 19.0 Å². The van der Waals surface area contributed by atoms with Gasteiger partial charge < -0.3 is 10.0 Å². The molecule has 1 aromatic carbocycles. The predicted octanol–water partition coefficient (Wildman–Crippen LogP) is 3.57. The van der Waals surface area contributed by atoms with Gasteiger partial charge in [-0.05, 0) is 36.8 Å². The number of nitriles is 1. The highest BCUT2D eigenvalue weighted by Gasteiger charge is 2.33. The monoisotopic (exact) mass is 490 g/mol. The molecule has 1 N–H and O–H groups in total. The molecule has 0 spiro atoms. The van der Waals surface area contributed by atoms with Crippen LogP contribution in [0.25, 0.3) is 33.4 Å². The van der Waals surface area contributed by atoms with Crippen molar-refractivity contribution in [2.45, 2.75) is 19.5 Å². The topological polar surface area (TPSA) is 108 Å². The van der Waals surface area contributed by atoms with Crippen molar-refractivity contribution in [2.24, 2.45) is 0 Å². The van der Waals surface area contributed by atoms with Crippen molar-refractivity contribution < 1.29 is 18.3 Å². The fourth-order valence-corrected chi connectivity index (χ4v) is 4.61. The van der Waals surface area contributed by atoms with Gasteiger partial charge in [0.1, 0.15) is 34.6 Å². The first-order chi connectivity index (χ1) is 17.4. The maximum atomic E-state index is 15.2. The summed E-state index contributed by atoms with van der Waals surface area (Å²) in [5, 5.41) is 28.1. The van der Waals surface area contributed by atoms with Crippen molar-refractivity contribution >= 4 is 22.4 Å². The Balaban J connectivity index is 1.66. The lowest BCUT2D eigenvalue weighted by atomic mass is 9.98. The Morgan fingerprint density at radius 3 is 2.69 bits per heavy atom. The van der Waals surface area contributed by atoms with E-state index in [0.29, 0.717) is 33.5 Å². The molecule has 180 valence electrons. The van der Waals surface area contributed by atoms with Gasteiger partial charge in [-0.15, -0.1) is 0 Å². The van der Waals surface area contributed by atoms with Gasteiger partial charge in [0, 0.05) is 42.6 Å². The van der Waals surface area contributed by atoms with E-state index in [-0.39, 0.29) is 30.0 Å². The van der Waals surface area contributed by atoms with E-state index >= 15 is 4.39 Å². The zero-order valence-corrected chi connectivity index (χ0v) is 18.8. The number of hydrogen-bond donors (Lipinski definition) is 1. The molecule has 1 fully saturated rings. The smallest absolute Gasteiger partial charge is 0.283 e. The minimum Gasteiger partial charge on any atom is -0.389 e. The van der Waals surface area contributed by atoms with Crippen LogP contribution in [-0.2, 0) is 0 Å². The summed E-state index contributed by atoms with van der Waals surface area (Å²) >= 11 is 0. The lowest BCUT2D eigenvalue weighted by Gasteiger charge is -2.39. The van der Waals surface area contributed by atoms with Crippen LogP contribution in [0.15, 0.2) is 42.9 Å². The van der Waals surface area contributed by atoms with Crippen molar-refractivity contribution in [2.75, 3.05) is 18.0 Å². The summed E-state index contributed by atoms with van der Waals surface area (Å²) in [7, 11) is 0. The van der Waals surface area contributed by atoms with Gasteiger partial charge in [0.05, 0.1) is 17.3 Å². The molecule has 4 aromatic heterocycles. The predicted molar refractivity (Wildman–Crippen MR) is 123 cm³/mol. The van der Waals surface area contributed by atoms with Crippen LogP contribution in [0.2, 0.25) is 0 Å².